The van der Waals surface area contributed by atoms with E-state index in [2.05, 4.69) is 42.3 Å². The van der Waals surface area contributed by atoms with Gasteiger partial charge in [-0.3, -0.25) is 0 Å². The molecular formula is C24H33N5O. The van der Waals surface area contributed by atoms with Gasteiger partial charge in [-0.1, -0.05) is 43.0 Å². The molecule has 1 aromatic heterocycles. The zero-order valence-corrected chi connectivity index (χ0v) is 18.4. The number of rotatable bonds is 3. The Morgan fingerprint density at radius 1 is 1.00 bits per heavy atom. The number of anilines is 1. The first-order valence-electron chi connectivity index (χ1n) is 11.2. The maximum Gasteiger partial charge on any atom is 0.317 e. The van der Waals surface area contributed by atoms with E-state index < -0.39 is 0 Å². The minimum atomic E-state index is 0.0950. The quantitative estimate of drug-likeness (QED) is 0.827. The number of amides is 2. The lowest BCUT2D eigenvalue weighted by atomic mass is 9.96. The molecule has 2 fully saturated rings. The summed E-state index contributed by atoms with van der Waals surface area (Å²) in [6.07, 6.45) is 6.00. The van der Waals surface area contributed by atoms with E-state index in [-0.39, 0.29) is 6.03 Å². The van der Waals surface area contributed by atoms with Crippen LogP contribution in [0.2, 0.25) is 0 Å². The summed E-state index contributed by atoms with van der Waals surface area (Å²) >= 11 is 0. The maximum absolute atomic E-state index is 12.7. The van der Waals surface area contributed by atoms with Crippen molar-refractivity contribution in [3.05, 3.63) is 41.1 Å². The van der Waals surface area contributed by atoms with Crippen LogP contribution in [0.5, 0.6) is 0 Å². The highest BCUT2D eigenvalue weighted by Gasteiger charge is 2.26. The summed E-state index contributed by atoms with van der Waals surface area (Å²) in [5.74, 6) is 1.76. The Morgan fingerprint density at radius 2 is 1.73 bits per heavy atom. The van der Waals surface area contributed by atoms with E-state index in [0.717, 1.165) is 67.5 Å². The lowest BCUT2D eigenvalue weighted by Crippen LogP contribution is -2.54. The number of carbonyl (C=O) groups is 1. The molecule has 0 radical (unpaired) electrons. The molecule has 1 aliphatic heterocycles. The summed E-state index contributed by atoms with van der Waals surface area (Å²) in [6.45, 7) is 9.26. The van der Waals surface area contributed by atoms with Gasteiger partial charge in [0.25, 0.3) is 0 Å². The van der Waals surface area contributed by atoms with Crippen LogP contribution in [-0.4, -0.2) is 53.1 Å². The van der Waals surface area contributed by atoms with Crippen LogP contribution < -0.4 is 10.2 Å². The Hall–Kier alpha value is -2.63. The molecule has 1 aromatic carbocycles. The minimum absolute atomic E-state index is 0.0950. The van der Waals surface area contributed by atoms with Crippen molar-refractivity contribution in [2.45, 2.75) is 58.9 Å². The summed E-state index contributed by atoms with van der Waals surface area (Å²) in [4.78, 5) is 26.6. The number of aromatic nitrogens is 2. The van der Waals surface area contributed by atoms with Gasteiger partial charge in [0.2, 0.25) is 0 Å². The molecule has 1 saturated carbocycles. The second-order valence-electron chi connectivity index (χ2n) is 8.71. The van der Waals surface area contributed by atoms with E-state index in [1.807, 2.05) is 17.9 Å². The highest BCUT2D eigenvalue weighted by atomic mass is 16.2. The molecule has 1 N–H and O–H groups in total. The van der Waals surface area contributed by atoms with Crippen LogP contribution in [0.4, 0.5) is 10.6 Å². The average Bonchev–Trinajstić information content (AvgIpc) is 2.76. The van der Waals surface area contributed by atoms with Gasteiger partial charge in [-0.2, -0.15) is 0 Å². The fourth-order valence-corrected chi connectivity index (χ4v) is 4.47. The first kappa shape index (κ1) is 20.6. The lowest BCUT2D eigenvalue weighted by Gasteiger charge is -2.37. The van der Waals surface area contributed by atoms with E-state index >= 15 is 0 Å². The number of hydrogen-bond donors (Lipinski definition) is 1. The molecule has 6 nitrogen and oxygen atoms in total. The third-order valence-corrected chi connectivity index (χ3v) is 6.44. The minimum Gasteiger partial charge on any atom is -0.353 e. The normalized spacial score (nSPS) is 17.8. The summed E-state index contributed by atoms with van der Waals surface area (Å²) in [7, 11) is 0. The molecule has 4 rings (SSSR count). The van der Waals surface area contributed by atoms with Gasteiger partial charge in [0, 0.05) is 49.0 Å². The summed E-state index contributed by atoms with van der Waals surface area (Å²) in [5, 5.41) is 3.24. The largest absolute Gasteiger partial charge is 0.353 e. The molecule has 0 atom stereocenters. The number of hydrogen-bond acceptors (Lipinski definition) is 4. The Bertz CT molecular complexity index is 898. The molecular weight excluding hydrogens is 374 g/mol. The van der Waals surface area contributed by atoms with Crippen molar-refractivity contribution in [1.82, 2.24) is 20.2 Å². The maximum atomic E-state index is 12.7. The first-order valence-corrected chi connectivity index (χ1v) is 11.2. The Balaban J connectivity index is 1.44. The molecule has 1 saturated heterocycles. The Morgan fingerprint density at radius 3 is 2.43 bits per heavy atom. The van der Waals surface area contributed by atoms with Crippen LogP contribution >= 0.6 is 0 Å². The monoisotopic (exact) mass is 407 g/mol. The van der Waals surface area contributed by atoms with E-state index in [1.54, 1.807) is 0 Å². The number of aryl methyl sites for hydroxylation is 2. The van der Waals surface area contributed by atoms with Crippen molar-refractivity contribution in [2.75, 3.05) is 31.1 Å². The van der Waals surface area contributed by atoms with Gasteiger partial charge in [0.1, 0.15) is 5.82 Å². The fourth-order valence-electron chi connectivity index (χ4n) is 4.47. The van der Waals surface area contributed by atoms with Gasteiger partial charge >= 0.3 is 6.03 Å². The second kappa shape index (κ2) is 9.02. The number of urea groups is 1. The highest BCUT2D eigenvalue weighted by molar-refractivity contribution is 5.75. The topological polar surface area (TPSA) is 61.4 Å². The zero-order valence-electron chi connectivity index (χ0n) is 18.4. The highest BCUT2D eigenvalue weighted by Crippen LogP contribution is 2.26. The van der Waals surface area contributed by atoms with Gasteiger partial charge < -0.3 is 15.1 Å². The SMILES string of the molecule is Cc1cccc(-c2nc(C)c(C)c(N3CCN(C(=O)NC4CCCCC4)CC3)n2)c1. The standard InChI is InChI=1S/C24H33N5O/c1-17-8-7-9-20(16-17)22-25-19(3)18(2)23(27-22)28-12-14-29(15-13-28)24(30)26-21-10-5-4-6-11-21/h7-9,16,21H,4-6,10-15H2,1-3H3,(H,26,30). The van der Waals surface area contributed by atoms with Crippen molar-refractivity contribution in [3.63, 3.8) is 0 Å². The Labute approximate surface area is 179 Å². The average molecular weight is 408 g/mol. The van der Waals surface area contributed by atoms with Crippen LogP contribution in [0.15, 0.2) is 24.3 Å². The second-order valence-corrected chi connectivity index (χ2v) is 8.71. The molecule has 160 valence electrons. The zero-order chi connectivity index (χ0) is 21.1. The smallest absolute Gasteiger partial charge is 0.317 e. The van der Waals surface area contributed by atoms with Crippen LogP contribution in [0.1, 0.15) is 48.9 Å². The van der Waals surface area contributed by atoms with Gasteiger partial charge in [-0.05, 0) is 39.7 Å². The van der Waals surface area contributed by atoms with E-state index in [0.29, 0.717) is 6.04 Å². The number of nitrogens with zero attached hydrogens (tertiary/aromatic N) is 4. The summed E-state index contributed by atoms with van der Waals surface area (Å²) in [5.41, 5.74) is 4.37. The summed E-state index contributed by atoms with van der Waals surface area (Å²) in [6, 6.07) is 8.77. The molecule has 0 unspecified atom stereocenters. The molecule has 2 aromatic rings. The van der Waals surface area contributed by atoms with Crippen LogP contribution in [0, 0.1) is 20.8 Å². The fraction of sp³-hybridized carbons (Fsp3) is 0.542. The predicted molar refractivity (Wildman–Crippen MR) is 121 cm³/mol. The molecule has 1 aliphatic carbocycles. The lowest BCUT2D eigenvalue weighted by molar-refractivity contribution is 0.186. The van der Waals surface area contributed by atoms with Gasteiger partial charge in [0.05, 0.1) is 0 Å². The first-order chi connectivity index (χ1) is 14.5. The molecule has 30 heavy (non-hydrogen) atoms. The molecule has 0 bridgehead atoms. The van der Waals surface area contributed by atoms with Crippen LogP contribution in [0.3, 0.4) is 0 Å². The third kappa shape index (κ3) is 4.58. The van der Waals surface area contributed by atoms with Gasteiger partial charge in [-0.15, -0.1) is 0 Å². The summed E-state index contributed by atoms with van der Waals surface area (Å²) < 4.78 is 0. The Kier molecular flexibility index (Phi) is 6.21. The molecule has 2 heterocycles. The number of benzene rings is 1. The van der Waals surface area contributed by atoms with E-state index in [1.165, 1.54) is 24.8 Å². The van der Waals surface area contributed by atoms with Crippen LogP contribution in [0.25, 0.3) is 11.4 Å². The van der Waals surface area contributed by atoms with Crippen molar-refractivity contribution in [3.8, 4) is 11.4 Å². The number of nitrogens with one attached hydrogen (secondary N) is 1. The molecule has 2 aliphatic rings. The van der Waals surface area contributed by atoms with Gasteiger partial charge in [0.15, 0.2) is 5.82 Å². The van der Waals surface area contributed by atoms with E-state index in [4.69, 9.17) is 9.97 Å². The van der Waals surface area contributed by atoms with Crippen LogP contribution in [-0.2, 0) is 0 Å². The third-order valence-electron chi connectivity index (χ3n) is 6.44. The number of piperazine rings is 1. The van der Waals surface area contributed by atoms with Crippen molar-refractivity contribution in [1.29, 1.82) is 0 Å². The molecule has 6 heteroatoms. The van der Waals surface area contributed by atoms with Gasteiger partial charge in [-0.25, -0.2) is 14.8 Å². The molecule has 0 spiro atoms. The predicted octanol–water partition coefficient (Wildman–Crippen LogP) is 4.23. The van der Waals surface area contributed by atoms with Crippen molar-refractivity contribution < 1.29 is 4.79 Å². The van der Waals surface area contributed by atoms with Crippen molar-refractivity contribution in [2.24, 2.45) is 0 Å². The molecule has 2 amide bonds. The number of carbonyl (C=O) groups excluding carboxylic acids is 1. The van der Waals surface area contributed by atoms with Crippen molar-refractivity contribution >= 4 is 11.8 Å². The van der Waals surface area contributed by atoms with E-state index in [9.17, 15) is 4.79 Å².